The van der Waals surface area contributed by atoms with Crippen molar-refractivity contribution < 1.29 is 13.9 Å². The molecule has 0 unspecified atom stereocenters. The van der Waals surface area contributed by atoms with Gasteiger partial charge in [-0.25, -0.2) is 4.39 Å². The largest absolute Gasteiger partial charge is 0.378 e. The van der Waals surface area contributed by atoms with E-state index in [4.69, 9.17) is 4.74 Å². The maximum Gasteiger partial charge on any atom is 0.255 e. The topological polar surface area (TPSA) is 41.6 Å². The fraction of sp³-hybridized carbons (Fsp3) is 0.235. The van der Waals surface area contributed by atoms with Crippen LogP contribution in [0.15, 0.2) is 42.5 Å². The third-order valence-electron chi connectivity index (χ3n) is 3.66. The highest BCUT2D eigenvalue weighted by Crippen LogP contribution is 2.24. The van der Waals surface area contributed by atoms with E-state index in [1.807, 2.05) is 17.0 Å². The van der Waals surface area contributed by atoms with Crippen molar-refractivity contribution in [3.63, 3.8) is 0 Å². The van der Waals surface area contributed by atoms with E-state index in [1.54, 1.807) is 24.3 Å². The van der Waals surface area contributed by atoms with Crippen LogP contribution in [0.5, 0.6) is 0 Å². The lowest BCUT2D eigenvalue weighted by Crippen LogP contribution is -2.36. The third-order valence-corrected chi connectivity index (χ3v) is 4.38. The van der Waals surface area contributed by atoms with Crippen LogP contribution in [0.3, 0.4) is 0 Å². The number of hydrogen-bond acceptors (Lipinski definition) is 3. The van der Waals surface area contributed by atoms with Gasteiger partial charge >= 0.3 is 0 Å². The van der Waals surface area contributed by atoms with Crippen LogP contribution in [0.4, 0.5) is 15.8 Å². The van der Waals surface area contributed by atoms with E-state index >= 15 is 0 Å². The van der Waals surface area contributed by atoms with E-state index in [2.05, 4.69) is 27.9 Å². The molecule has 1 fully saturated rings. The van der Waals surface area contributed by atoms with E-state index in [1.165, 1.54) is 6.07 Å². The molecule has 4 nitrogen and oxygen atoms in total. The summed E-state index contributed by atoms with van der Waals surface area (Å²) in [4.78, 5) is 14.1. The van der Waals surface area contributed by atoms with Crippen LogP contribution in [0.25, 0.3) is 0 Å². The van der Waals surface area contributed by atoms with Gasteiger partial charge in [0.1, 0.15) is 5.82 Å². The number of morpholine rings is 1. The molecule has 0 bridgehead atoms. The highest BCUT2D eigenvalue weighted by molar-refractivity contribution is 14.1. The van der Waals surface area contributed by atoms with Crippen molar-refractivity contribution >= 4 is 39.9 Å². The maximum absolute atomic E-state index is 14.3. The molecule has 1 amide bonds. The van der Waals surface area contributed by atoms with Gasteiger partial charge in [0.2, 0.25) is 0 Å². The molecule has 0 saturated carbocycles. The lowest BCUT2D eigenvalue weighted by Gasteiger charge is -2.29. The molecule has 1 aliphatic rings. The fourth-order valence-electron chi connectivity index (χ4n) is 2.45. The zero-order valence-electron chi connectivity index (χ0n) is 12.4. The molecule has 0 radical (unpaired) electrons. The minimum Gasteiger partial charge on any atom is -0.378 e. The maximum atomic E-state index is 14.3. The molecule has 23 heavy (non-hydrogen) atoms. The Hall–Kier alpha value is -1.67. The molecule has 2 aromatic rings. The van der Waals surface area contributed by atoms with Crippen LogP contribution in [-0.4, -0.2) is 32.2 Å². The first kappa shape index (κ1) is 16.2. The molecule has 3 rings (SSSR count). The summed E-state index contributed by atoms with van der Waals surface area (Å²) < 4.78 is 20.6. The summed E-state index contributed by atoms with van der Waals surface area (Å²) in [6, 6.07) is 12.0. The zero-order valence-corrected chi connectivity index (χ0v) is 14.5. The summed E-state index contributed by atoms with van der Waals surface area (Å²) in [5, 5.41) is 2.72. The number of rotatable bonds is 3. The minimum atomic E-state index is -0.340. The van der Waals surface area contributed by atoms with Crippen molar-refractivity contribution in [2.45, 2.75) is 0 Å². The second kappa shape index (κ2) is 7.27. The second-order valence-corrected chi connectivity index (χ2v) is 6.47. The van der Waals surface area contributed by atoms with Crippen LogP contribution >= 0.6 is 22.6 Å². The van der Waals surface area contributed by atoms with Gasteiger partial charge < -0.3 is 15.0 Å². The highest BCUT2D eigenvalue weighted by Gasteiger charge is 2.16. The molecule has 0 atom stereocenters. The predicted molar refractivity (Wildman–Crippen MR) is 96.5 cm³/mol. The fourth-order valence-corrected chi connectivity index (χ4v) is 2.81. The first-order chi connectivity index (χ1) is 11.1. The Morgan fingerprint density at radius 1 is 1.13 bits per heavy atom. The second-order valence-electron chi connectivity index (χ2n) is 5.23. The number of carbonyl (C=O) groups excluding carboxylic acids is 1. The Labute approximate surface area is 147 Å². The molecule has 0 aliphatic carbocycles. The Balaban J connectivity index is 1.72. The highest BCUT2D eigenvalue weighted by atomic mass is 127. The Morgan fingerprint density at radius 2 is 1.83 bits per heavy atom. The Kier molecular flexibility index (Phi) is 5.12. The normalized spacial score (nSPS) is 14.6. The van der Waals surface area contributed by atoms with Crippen molar-refractivity contribution in [3.8, 4) is 0 Å². The third kappa shape index (κ3) is 4.00. The monoisotopic (exact) mass is 426 g/mol. The van der Waals surface area contributed by atoms with E-state index in [-0.39, 0.29) is 11.7 Å². The van der Waals surface area contributed by atoms with Gasteiger partial charge in [-0.3, -0.25) is 4.79 Å². The first-order valence-corrected chi connectivity index (χ1v) is 8.40. The molecule has 6 heteroatoms. The molecule has 0 spiro atoms. The average Bonchev–Trinajstić information content (AvgIpc) is 2.56. The minimum absolute atomic E-state index is 0.250. The van der Waals surface area contributed by atoms with Crippen LogP contribution in [-0.2, 0) is 4.74 Å². The van der Waals surface area contributed by atoms with Crippen molar-refractivity contribution in [2.75, 3.05) is 36.5 Å². The van der Waals surface area contributed by atoms with E-state index in [0.717, 1.165) is 3.57 Å². The standard InChI is InChI=1S/C17H16FIN2O2/c18-15-11-14(5-6-16(15)21-7-9-23-10-8-21)20-17(22)12-1-3-13(19)4-2-12/h1-6,11H,7-10H2,(H,20,22). The number of benzene rings is 2. The lowest BCUT2D eigenvalue weighted by atomic mass is 10.2. The smallest absolute Gasteiger partial charge is 0.255 e. The average molecular weight is 426 g/mol. The summed E-state index contributed by atoms with van der Waals surface area (Å²) in [5.74, 6) is -0.591. The molecule has 0 aromatic heterocycles. The van der Waals surface area contributed by atoms with Gasteiger partial charge in [-0.05, 0) is 65.1 Å². The number of hydrogen-bond donors (Lipinski definition) is 1. The Morgan fingerprint density at radius 3 is 2.48 bits per heavy atom. The number of nitrogens with zero attached hydrogens (tertiary/aromatic N) is 1. The van der Waals surface area contributed by atoms with Crippen LogP contribution in [0.1, 0.15) is 10.4 Å². The molecule has 1 N–H and O–H groups in total. The van der Waals surface area contributed by atoms with Gasteiger partial charge in [-0.1, -0.05) is 0 Å². The molecule has 2 aromatic carbocycles. The number of amides is 1. The van der Waals surface area contributed by atoms with Gasteiger partial charge in [0.15, 0.2) is 0 Å². The first-order valence-electron chi connectivity index (χ1n) is 7.32. The number of carbonyl (C=O) groups is 1. The van der Waals surface area contributed by atoms with Crippen molar-refractivity contribution in [2.24, 2.45) is 0 Å². The SMILES string of the molecule is O=C(Nc1ccc(N2CCOCC2)c(F)c1)c1ccc(I)cc1. The number of halogens is 2. The Bertz CT molecular complexity index is 700. The van der Waals surface area contributed by atoms with Crippen molar-refractivity contribution in [1.82, 2.24) is 0 Å². The predicted octanol–water partition coefficient (Wildman–Crippen LogP) is 3.52. The molecule has 1 saturated heterocycles. The zero-order chi connectivity index (χ0) is 16.2. The summed E-state index contributed by atoms with van der Waals surface area (Å²) >= 11 is 2.18. The molecular formula is C17H16FIN2O2. The van der Waals surface area contributed by atoms with E-state index < -0.39 is 0 Å². The van der Waals surface area contributed by atoms with Gasteiger partial charge in [0.05, 0.1) is 18.9 Å². The quantitative estimate of drug-likeness (QED) is 0.764. The molecule has 1 heterocycles. The van der Waals surface area contributed by atoms with Crippen LogP contribution in [0, 0.1) is 9.39 Å². The summed E-state index contributed by atoms with van der Waals surface area (Å²) in [6.45, 7) is 2.55. The van der Waals surface area contributed by atoms with E-state index in [0.29, 0.717) is 43.2 Å². The summed E-state index contributed by atoms with van der Waals surface area (Å²) in [5.41, 5.74) is 1.53. The number of nitrogens with one attached hydrogen (secondary N) is 1. The summed E-state index contributed by atoms with van der Waals surface area (Å²) in [7, 11) is 0. The molecule has 1 aliphatic heterocycles. The van der Waals surface area contributed by atoms with Gasteiger partial charge in [0, 0.05) is 27.9 Å². The number of ether oxygens (including phenoxy) is 1. The van der Waals surface area contributed by atoms with Crippen LogP contribution < -0.4 is 10.2 Å². The van der Waals surface area contributed by atoms with Gasteiger partial charge in [0.25, 0.3) is 5.91 Å². The van der Waals surface area contributed by atoms with Crippen molar-refractivity contribution in [1.29, 1.82) is 0 Å². The summed E-state index contributed by atoms with van der Waals surface area (Å²) in [6.07, 6.45) is 0. The van der Waals surface area contributed by atoms with Crippen molar-refractivity contribution in [3.05, 3.63) is 57.4 Å². The van der Waals surface area contributed by atoms with Gasteiger partial charge in [-0.2, -0.15) is 0 Å². The van der Waals surface area contributed by atoms with Crippen LogP contribution in [0.2, 0.25) is 0 Å². The number of anilines is 2. The molecule has 120 valence electrons. The van der Waals surface area contributed by atoms with E-state index in [9.17, 15) is 9.18 Å². The molecular weight excluding hydrogens is 410 g/mol. The van der Waals surface area contributed by atoms with Gasteiger partial charge in [-0.15, -0.1) is 0 Å². The lowest BCUT2D eigenvalue weighted by molar-refractivity contribution is 0.102.